The molecule has 0 saturated heterocycles. The Morgan fingerprint density at radius 1 is 0.556 bits per heavy atom. The van der Waals surface area contributed by atoms with Crippen molar-refractivity contribution in [2.24, 2.45) is 0 Å². The SMILES string of the molecule is Brc1c(Br)c2ccc3ccccc4ccc1c2c43. The van der Waals surface area contributed by atoms with Crippen LogP contribution in [0, 0.1) is 0 Å². The van der Waals surface area contributed by atoms with E-state index in [1.54, 1.807) is 0 Å². The van der Waals surface area contributed by atoms with Crippen molar-refractivity contribution in [3.63, 3.8) is 0 Å². The molecule has 0 heterocycles. The van der Waals surface area contributed by atoms with Crippen molar-refractivity contribution in [1.82, 2.24) is 0 Å². The minimum absolute atomic E-state index is 1.15. The van der Waals surface area contributed by atoms with Crippen LogP contribution in [0.1, 0.15) is 0 Å². The van der Waals surface area contributed by atoms with E-state index in [9.17, 15) is 0 Å². The Kier molecular flexibility index (Phi) is 2.21. The zero-order valence-corrected chi connectivity index (χ0v) is 12.5. The first-order valence-corrected chi connectivity index (χ1v) is 7.36. The Balaban J connectivity index is 2.50. The maximum absolute atomic E-state index is 3.68. The third-order valence-corrected chi connectivity index (χ3v) is 5.73. The zero-order valence-electron chi connectivity index (χ0n) is 9.37. The van der Waals surface area contributed by atoms with Crippen molar-refractivity contribution < 1.29 is 0 Å². The number of hydrogen-bond acceptors (Lipinski definition) is 0. The minimum Gasteiger partial charge on any atom is -0.0616 e. The van der Waals surface area contributed by atoms with Gasteiger partial charge in [0.1, 0.15) is 0 Å². The summed E-state index contributed by atoms with van der Waals surface area (Å²) in [6, 6.07) is 17.3. The third-order valence-electron chi connectivity index (χ3n) is 3.55. The first-order chi connectivity index (χ1) is 8.77. The van der Waals surface area contributed by atoms with E-state index in [4.69, 9.17) is 0 Å². The molecule has 4 aromatic rings. The van der Waals surface area contributed by atoms with Gasteiger partial charge < -0.3 is 0 Å². The minimum atomic E-state index is 1.15. The largest absolute Gasteiger partial charge is 0.0616 e. The molecule has 0 aliphatic carbocycles. The summed E-state index contributed by atoms with van der Waals surface area (Å²) in [4.78, 5) is 0. The van der Waals surface area contributed by atoms with Crippen LogP contribution in [-0.4, -0.2) is 0 Å². The van der Waals surface area contributed by atoms with Crippen molar-refractivity contribution in [3.05, 3.63) is 57.5 Å². The lowest BCUT2D eigenvalue weighted by molar-refractivity contribution is 1.84. The highest BCUT2D eigenvalue weighted by atomic mass is 79.9. The average Bonchev–Trinajstić information content (AvgIpc) is 2.57. The molecule has 0 nitrogen and oxygen atoms in total. The Bertz CT molecular complexity index is 823. The smallest absolute Gasteiger partial charge is 0.0402 e. The summed E-state index contributed by atoms with van der Waals surface area (Å²) in [5.41, 5.74) is 0. The number of halogens is 2. The molecule has 0 atom stereocenters. The van der Waals surface area contributed by atoms with Gasteiger partial charge in [0.15, 0.2) is 0 Å². The first-order valence-electron chi connectivity index (χ1n) is 5.78. The Labute approximate surface area is 121 Å². The fraction of sp³-hybridized carbons (Fsp3) is 0. The monoisotopic (exact) mass is 358 g/mol. The van der Waals surface area contributed by atoms with E-state index in [2.05, 4.69) is 80.4 Å². The van der Waals surface area contributed by atoms with Gasteiger partial charge in [0.05, 0.1) is 0 Å². The van der Waals surface area contributed by atoms with Crippen LogP contribution >= 0.6 is 31.9 Å². The molecule has 2 heteroatoms. The number of hydrogen-bond donors (Lipinski definition) is 0. The lowest BCUT2D eigenvalue weighted by atomic mass is 10.0. The summed E-state index contributed by atoms with van der Waals surface area (Å²) in [5.74, 6) is 0. The fourth-order valence-electron chi connectivity index (χ4n) is 2.75. The van der Waals surface area contributed by atoms with Crippen molar-refractivity contribution in [1.29, 1.82) is 0 Å². The van der Waals surface area contributed by atoms with E-state index >= 15 is 0 Å². The van der Waals surface area contributed by atoms with E-state index in [0.717, 1.165) is 8.95 Å². The summed E-state index contributed by atoms with van der Waals surface area (Å²) in [6.45, 7) is 0. The van der Waals surface area contributed by atoms with Gasteiger partial charge in [-0.2, -0.15) is 0 Å². The lowest BCUT2D eigenvalue weighted by Crippen LogP contribution is -1.75. The molecule has 0 saturated carbocycles. The van der Waals surface area contributed by atoms with E-state index in [1.165, 1.54) is 32.3 Å². The van der Waals surface area contributed by atoms with Gasteiger partial charge in [0, 0.05) is 8.95 Å². The third kappa shape index (κ3) is 1.25. The molecule has 0 amide bonds. The molecule has 0 unspecified atom stereocenters. The van der Waals surface area contributed by atoms with Gasteiger partial charge >= 0.3 is 0 Å². The maximum atomic E-state index is 3.68. The van der Waals surface area contributed by atoms with Gasteiger partial charge in [0.2, 0.25) is 0 Å². The summed E-state index contributed by atoms with van der Waals surface area (Å²) < 4.78 is 2.30. The fourth-order valence-corrected chi connectivity index (χ4v) is 3.84. The van der Waals surface area contributed by atoms with Gasteiger partial charge in [-0.3, -0.25) is 0 Å². The van der Waals surface area contributed by atoms with E-state index in [0.29, 0.717) is 0 Å². The molecule has 0 aromatic heterocycles. The normalized spacial score (nSPS) is 11.9. The molecular formula is C16H8Br2. The predicted octanol–water partition coefficient (Wildman–Crippen LogP) is 6.11. The van der Waals surface area contributed by atoms with Gasteiger partial charge in [0.25, 0.3) is 0 Å². The molecule has 4 rings (SSSR count). The zero-order chi connectivity index (χ0) is 12.3. The Morgan fingerprint density at radius 2 is 1.06 bits per heavy atom. The van der Waals surface area contributed by atoms with Gasteiger partial charge in [-0.15, -0.1) is 0 Å². The van der Waals surface area contributed by atoms with Gasteiger partial charge in [-0.25, -0.2) is 0 Å². The molecule has 0 N–H and O–H groups in total. The Morgan fingerprint density at radius 3 is 1.56 bits per heavy atom. The molecule has 0 bridgehead atoms. The highest BCUT2D eigenvalue weighted by Gasteiger charge is 2.15. The van der Waals surface area contributed by atoms with Crippen molar-refractivity contribution in [2.45, 2.75) is 0 Å². The van der Waals surface area contributed by atoms with Crippen LogP contribution in [0.2, 0.25) is 0 Å². The van der Waals surface area contributed by atoms with Crippen molar-refractivity contribution in [2.75, 3.05) is 0 Å². The molecule has 0 spiro atoms. The van der Waals surface area contributed by atoms with Crippen LogP contribution in [0.15, 0.2) is 57.5 Å². The van der Waals surface area contributed by atoms with Crippen LogP contribution in [0.4, 0.5) is 0 Å². The van der Waals surface area contributed by atoms with E-state index in [1.807, 2.05) is 0 Å². The first kappa shape index (κ1) is 10.8. The standard InChI is InChI=1S/C16H8Br2/c17-15-11-7-5-9-3-1-2-4-10-6-8-12(16(15)18)14(11)13(9)10/h1-8H. The summed E-state index contributed by atoms with van der Waals surface area (Å²) >= 11 is 7.36. The van der Waals surface area contributed by atoms with Gasteiger partial charge in [-0.05, 0) is 64.2 Å². The summed E-state index contributed by atoms with van der Waals surface area (Å²) in [6.07, 6.45) is 0. The van der Waals surface area contributed by atoms with Crippen LogP contribution in [-0.2, 0) is 0 Å². The number of benzene rings is 2. The molecule has 86 valence electrons. The lowest BCUT2D eigenvalue weighted by Gasteiger charge is -2.02. The number of rotatable bonds is 0. The second kappa shape index (κ2) is 3.69. The average molecular weight is 360 g/mol. The Hall–Kier alpha value is -1.12. The molecule has 4 aromatic carbocycles. The van der Waals surface area contributed by atoms with Crippen LogP contribution < -0.4 is 0 Å². The molecule has 0 aliphatic rings. The summed E-state index contributed by atoms with van der Waals surface area (Å²) in [5, 5.41) is 7.83. The van der Waals surface area contributed by atoms with Crippen LogP contribution in [0.25, 0.3) is 32.3 Å². The van der Waals surface area contributed by atoms with Crippen molar-refractivity contribution in [3.8, 4) is 0 Å². The second-order valence-corrected chi connectivity index (χ2v) is 6.09. The highest BCUT2D eigenvalue weighted by Crippen LogP contribution is 2.44. The summed E-state index contributed by atoms with van der Waals surface area (Å²) in [7, 11) is 0. The van der Waals surface area contributed by atoms with Crippen LogP contribution in [0.5, 0.6) is 0 Å². The van der Waals surface area contributed by atoms with Crippen molar-refractivity contribution >= 4 is 64.2 Å². The molecule has 0 radical (unpaired) electrons. The molecule has 0 fully saturated rings. The second-order valence-electron chi connectivity index (χ2n) is 4.50. The quantitative estimate of drug-likeness (QED) is 0.355. The van der Waals surface area contributed by atoms with E-state index in [-0.39, 0.29) is 0 Å². The van der Waals surface area contributed by atoms with Crippen LogP contribution in [0.3, 0.4) is 0 Å². The maximum Gasteiger partial charge on any atom is 0.0402 e. The van der Waals surface area contributed by atoms with Gasteiger partial charge in [-0.1, -0.05) is 48.5 Å². The van der Waals surface area contributed by atoms with E-state index < -0.39 is 0 Å². The molecular weight excluding hydrogens is 352 g/mol. The topological polar surface area (TPSA) is 0 Å². The molecule has 0 aliphatic heterocycles. The highest BCUT2D eigenvalue weighted by molar-refractivity contribution is 9.13. The predicted molar refractivity (Wildman–Crippen MR) is 85.5 cm³/mol. The molecule has 18 heavy (non-hydrogen) atoms.